The minimum Gasteiger partial charge on any atom is -0.313 e. The summed E-state index contributed by atoms with van der Waals surface area (Å²) in [7, 11) is -3.72. The van der Waals surface area contributed by atoms with E-state index in [2.05, 4.69) is 10.0 Å². The van der Waals surface area contributed by atoms with Crippen molar-refractivity contribution in [2.24, 2.45) is 5.92 Å². The average molecular weight is 316 g/mol. The molecule has 0 amide bonds. The highest BCUT2D eigenvalue weighted by molar-refractivity contribution is 7.89. The topological polar surface area (TPSA) is 58.2 Å². The highest BCUT2D eigenvalue weighted by atomic mass is 32.2. The molecule has 1 aromatic rings. The number of halogens is 1. The molecular formula is C15H25FN2O2S. The van der Waals surface area contributed by atoms with Crippen molar-refractivity contribution < 1.29 is 12.8 Å². The van der Waals surface area contributed by atoms with Crippen LogP contribution in [0.1, 0.15) is 38.8 Å². The van der Waals surface area contributed by atoms with Crippen molar-refractivity contribution in [1.82, 2.24) is 10.0 Å². The van der Waals surface area contributed by atoms with Crippen LogP contribution < -0.4 is 10.0 Å². The van der Waals surface area contributed by atoms with E-state index >= 15 is 0 Å². The molecule has 0 aliphatic rings. The largest absolute Gasteiger partial charge is 0.313 e. The summed E-state index contributed by atoms with van der Waals surface area (Å²) in [6, 6.07) is 2.70. The zero-order valence-electron chi connectivity index (χ0n) is 13.3. The normalized spacial score (nSPS) is 13.7. The zero-order chi connectivity index (χ0) is 16.2. The van der Waals surface area contributed by atoms with Gasteiger partial charge in [0.1, 0.15) is 5.82 Å². The van der Waals surface area contributed by atoms with Gasteiger partial charge in [-0.15, -0.1) is 0 Å². The molecule has 4 nitrogen and oxygen atoms in total. The lowest BCUT2D eigenvalue weighted by Crippen LogP contribution is -2.36. The van der Waals surface area contributed by atoms with E-state index in [4.69, 9.17) is 0 Å². The van der Waals surface area contributed by atoms with Crippen LogP contribution in [0.4, 0.5) is 4.39 Å². The van der Waals surface area contributed by atoms with Gasteiger partial charge < -0.3 is 5.32 Å². The van der Waals surface area contributed by atoms with Crippen molar-refractivity contribution in [3.8, 4) is 0 Å². The standard InChI is InChI=1S/C15H25FN2O2S/c1-6-17-9-13-7-14(16)11(4)15(8-13)21(19,20)18-12(5)10(2)3/h7-8,10,12,17-18H,6,9H2,1-5H3. The molecule has 0 saturated carbocycles. The minimum absolute atomic E-state index is 0.0166. The van der Waals surface area contributed by atoms with Gasteiger partial charge in [0.15, 0.2) is 0 Å². The Morgan fingerprint density at radius 3 is 2.38 bits per heavy atom. The van der Waals surface area contributed by atoms with E-state index in [9.17, 15) is 12.8 Å². The van der Waals surface area contributed by atoms with Crippen molar-refractivity contribution >= 4 is 10.0 Å². The van der Waals surface area contributed by atoms with E-state index in [1.807, 2.05) is 20.8 Å². The molecule has 0 heterocycles. The van der Waals surface area contributed by atoms with E-state index in [-0.39, 0.29) is 22.4 Å². The maximum Gasteiger partial charge on any atom is 0.241 e. The zero-order valence-corrected chi connectivity index (χ0v) is 14.1. The van der Waals surface area contributed by atoms with Gasteiger partial charge in [-0.1, -0.05) is 20.8 Å². The van der Waals surface area contributed by atoms with E-state index in [0.717, 1.165) is 6.54 Å². The molecule has 0 radical (unpaired) electrons. The Bertz CT molecular complexity index is 586. The Balaban J connectivity index is 3.18. The van der Waals surface area contributed by atoms with Gasteiger partial charge in [-0.05, 0) is 44.0 Å². The molecule has 0 fully saturated rings. The molecule has 0 aliphatic carbocycles. The monoisotopic (exact) mass is 316 g/mol. The molecule has 0 bridgehead atoms. The van der Waals surface area contributed by atoms with E-state index < -0.39 is 15.8 Å². The summed E-state index contributed by atoms with van der Waals surface area (Å²) in [5, 5.41) is 3.07. The molecule has 2 N–H and O–H groups in total. The predicted octanol–water partition coefficient (Wildman–Crippen LogP) is 2.57. The Kier molecular flexibility index (Phi) is 6.31. The highest BCUT2D eigenvalue weighted by Gasteiger charge is 2.23. The second-order valence-corrected chi connectivity index (χ2v) is 7.32. The minimum atomic E-state index is -3.72. The maximum absolute atomic E-state index is 14.0. The molecule has 1 rings (SSSR count). The number of nitrogens with one attached hydrogen (secondary N) is 2. The molecule has 0 saturated heterocycles. The molecule has 120 valence electrons. The van der Waals surface area contributed by atoms with Crippen LogP contribution in [0.15, 0.2) is 17.0 Å². The Morgan fingerprint density at radius 2 is 1.86 bits per heavy atom. The first kappa shape index (κ1) is 18.1. The van der Waals surface area contributed by atoms with Crippen LogP contribution in [0.2, 0.25) is 0 Å². The molecule has 0 aromatic heterocycles. The van der Waals surface area contributed by atoms with Crippen LogP contribution in [0.5, 0.6) is 0 Å². The lowest BCUT2D eigenvalue weighted by Gasteiger charge is -2.19. The van der Waals surface area contributed by atoms with E-state index in [1.165, 1.54) is 19.1 Å². The quantitative estimate of drug-likeness (QED) is 0.813. The van der Waals surface area contributed by atoms with Gasteiger partial charge in [0.2, 0.25) is 10.0 Å². The van der Waals surface area contributed by atoms with Gasteiger partial charge >= 0.3 is 0 Å². The van der Waals surface area contributed by atoms with Gasteiger partial charge in [0, 0.05) is 18.2 Å². The third kappa shape index (κ3) is 4.76. The van der Waals surface area contributed by atoms with Gasteiger partial charge in [-0.3, -0.25) is 0 Å². The first-order chi connectivity index (χ1) is 9.69. The van der Waals surface area contributed by atoms with Crippen molar-refractivity contribution in [3.05, 3.63) is 29.1 Å². The summed E-state index contributed by atoms with van der Waals surface area (Å²) >= 11 is 0. The summed E-state index contributed by atoms with van der Waals surface area (Å²) in [6.07, 6.45) is 0. The van der Waals surface area contributed by atoms with Crippen molar-refractivity contribution in [1.29, 1.82) is 0 Å². The number of sulfonamides is 1. The van der Waals surface area contributed by atoms with E-state index in [1.54, 1.807) is 6.92 Å². The summed E-state index contributed by atoms with van der Waals surface area (Å²) in [6.45, 7) is 10.3. The first-order valence-corrected chi connectivity index (χ1v) is 8.69. The summed E-state index contributed by atoms with van der Waals surface area (Å²) < 4.78 is 41.5. The lowest BCUT2D eigenvalue weighted by molar-refractivity contribution is 0.475. The van der Waals surface area contributed by atoms with Gasteiger partial charge in [0.05, 0.1) is 4.90 Å². The van der Waals surface area contributed by atoms with Gasteiger partial charge in [-0.25, -0.2) is 17.5 Å². The molecular weight excluding hydrogens is 291 g/mol. The fourth-order valence-electron chi connectivity index (χ4n) is 1.80. The predicted molar refractivity (Wildman–Crippen MR) is 83.1 cm³/mol. The van der Waals surface area contributed by atoms with Crippen LogP contribution in [0.3, 0.4) is 0 Å². The Hall–Kier alpha value is -0.980. The second-order valence-electron chi connectivity index (χ2n) is 5.64. The highest BCUT2D eigenvalue weighted by Crippen LogP contribution is 2.21. The number of hydrogen-bond acceptors (Lipinski definition) is 3. The smallest absolute Gasteiger partial charge is 0.241 e. The SMILES string of the molecule is CCNCc1cc(F)c(C)c(S(=O)(=O)NC(C)C(C)C)c1. The van der Waals surface area contributed by atoms with Crippen LogP contribution in [0.25, 0.3) is 0 Å². The van der Waals surface area contributed by atoms with Crippen LogP contribution in [-0.4, -0.2) is 21.0 Å². The molecule has 0 aliphatic heterocycles. The van der Waals surface area contributed by atoms with Gasteiger partial charge in [0.25, 0.3) is 0 Å². The molecule has 1 unspecified atom stereocenters. The average Bonchev–Trinajstić information content (AvgIpc) is 2.39. The Morgan fingerprint density at radius 1 is 1.24 bits per heavy atom. The van der Waals surface area contributed by atoms with Crippen LogP contribution in [0, 0.1) is 18.7 Å². The third-order valence-electron chi connectivity index (χ3n) is 3.57. The molecule has 6 heteroatoms. The van der Waals surface area contributed by atoms with Crippen molar-refractivity contribution in [2.45, 2.75) is 52.1 Å². The molecule has 1 atom stereocenters. The van der Waals surface area contributed by atoms with Crippen LogP contribution >= 0.6 is 0 Å². The van der Waals surface area contributed by atoms with Crippen molar-refractivity contribution in [3.63, 3.8) is 0 Å². The Labute approximate surface area is 127 Å². The fraction of sp³-hybridized carbons (Fsp3) is 0.600. The number of rotatable bonds is 7. The number of benzene rings is 1. The fourth-order valence-corrected chi connectivity index (χ4v) is 3.50. The molecule has 21 heavy (non-hydrogen) atoms. The lowest BCUT2D eigenvalue weighted by atomic mass is 10.1. The maximum atomic E-state index is 14.0. The summed E-state index contributed by atoms with van der Waals surface area (Å²) in [5.41, 5.74) is 0.774. The summed E-state index contributed by atoms with van der Waals surface area (Å²) in [4.78, 5) is 0.0166. The van der Waals surface area contributed by atoms with Gasteiger partial charge in [-0.2, -0.15) is 0 Å². The van der Waals surface area contributed by atoms with E-state index in [0.29, 0.717) is 12.1 Å². The van der Waals surface area contributed by atoms with Crippen molar-refractivity contribution in [2.75, 3.05) is 6.54 Å². The summed E-state index contributed by atoms with van der Waals surface area (Å²) in [5.74, 6) is -0.335. The second kappa shape index (κ2) is 7.33. The number of hydrogen-bond donors (Lipinski definition) is 2. The van der Waals surface area contributed by atoms with Crippen LogP contribution in [-0.2, 0) is 16.6 Å². The molecule has 0 spiro atoms. The third-order valence-corrected chi connectivity index (χ3v) is 5.25. The molecule has 1 aromatic carbocycles. The first-order valence-electron chi connectivity index (χ1n) is 7.21.